The molecule has 4 heteroatoms. The van der Waals surface area contributed by atoms with E-state index in [9.17, 15) is 0 Å². The molecule has 3 nitrogen and oxygen atoms in total. The second-order valence-electron chi connectivity index (χ2n) is 5.24. The molecule has 0 saturated carbocycles. The van der Waals surface area contributed by atoms with Crippen LogP contribution in [0.25, 0.3) is 0 Å². The molecule has 2 atom stereocenters. The van der Waals surface area contributed by atoms with Crippen LogP contribution < -0.4 is 5.73 Å². The standard InChI is InChI=1S/C10H22N2OSi/c1-8(9(12)7-11)13-14(5,6)10(2,3)4/h8-9H,12H2,1-6H3/t8-,9-/m0/s1. The molecule has 0 aromatic rings. The molecule has 0 saturated heterocycles. The summed E-state index contributed by atoms with van der Waals surface area (Å²) < 4.78 is 5.95. The van der Waals surface area contributed by atoms with E-state index in [0.717, 1.165) is 0 Å². The quantitative estimate of drug-likeness (QED) is 0.733. The molecule has 0 aromatic carbocycles. The van der Waals surface area contributed by atoms with Crippen LogP contribution in [-0.4, -0.2) is 20.5 Å². The number of hydrogen-bond donors (Lipinski definition) is 1. The highest BCUT2D eigenvalue weighted by Gasteiger charge is 2.39. The average molecular weight is 214 g/mol. The molecule has 0 unspecified atom stereocenters. The highest BCUT2D eigenvalue weighted by molar-refractivity contribution is 6.74. The third kappa shape index (κ3) is 3.41. The Morgan fingerprint density at radius 1 is 1.36 bits per heavy atom. The van der Waals surface area contributed by atoms with Crippen LogP contribution in [0, 0.1) is 11.3 Å². The van der Waals surface area contributed by atoms with Crippen LogP contribution in [0.3, 0.4) is 0 Å². The molecule has 0 aliphatic heterocycles. The van der Waals surface area contributed by atoms with Crippen LogP contribution >= 0.6 is 0 Å². The smallest absolute Gasteiger partial charge is 0.192 e. The summed E-state index contributed by atoms with van der Waals surface area (Å²) in [5.74, 6) is 0. The first-order valence-electron chi connectivity index (χ1n) is 4.95. The lowest BCUT2D eigenvalue weighted by atomic mass is 10.2. The summed E-state index contributed by atoms with van der Waals surface area (Å²) in [6.45, 7) is 12.7. The van der Waals surface area contributed by atoms with E-state index < -0.39 is 14.4 Å². The minimum absolute atomic E-state index is 0.163. The van der Waals surface area contributed by atoms with Crippen molar-refractivity contribution in [3.05, 3.63) is 0 Å². The van der Waals surface area contributed by atoms with Crippen molar-refractivity contribution >= 4 is 8.32 Å². The lowest BCUT2D eigenvalue weighted by Crippen LogP contribution is -2.47. The molecule has 0 amide bonds. The highest BCUT2D eigenvalue weighted by atomic mass is 28.4. The van der Waals surface area contributed by atoms with Crippen molar-refractivity contribution in [2.45, 2.75) is 58.0 Å². The SMILES string of the molecule is C[C@H](O[Si](C)(C)C(C)(C)C)[C@@H](N)C#N. The predicted molar refractivity (Wildman–Crippen MR) is 61.3 cm³/mol. The lowest BCUT2D eigenvalue weighted by molar-refractivity contribution is 0.187. The number of rotatable bonds is 3. The van der Waals surface area contributed by atoms with Crippen LogP contribution in [0.15, 0.2) is 0 Å². The zero-order valence-electron chi connectivity index (χ0n) is 10.1. The monoisotopic (exact) mass is 214 g/mol. The molecule has 0 radical (unpaired) electrons. The summed E-state index contributed by atoms with van der Waals surface area (Å²) in [5, 5.41) is 8.83. The van der Waals surface area contributed by atoms with Crippen molar-refractivity contribution in [1.82, 2.24) is 0 Å². The van der Waals surface area contributed by atoms with Crippen molar-refractivity contribution < 1.29 is 4.43 Å². The highest BCUT2D eigenvalue weighted by Crippen LogP contribution is 2.37. The van der Waals surface area contributed by atoms with Crippen molar-refractivity contribution in [2.75, 3.05) is 0 Å². The number of nitrogens with zero attached hydrogens (tertiary/aromatic N) is 1. The first kappa shape index (κ1) is 13.6. The predicted octanol–water partition coefficient (Wildman–Crippen LogP) is 2.25. The van der Waals surface area contributed by atoms with Gasteiger partial charge in [-0.15, -0.1) is 0 Å². The summed E-state index contributed by atoms with van der Waals surface area (Å²) in [6, 6.07) is 1.49. The van der Waals surface area contributed by atoms with Gasteiger partial charge in [0.2, 0.25) is 0 Å². The largest absolute Gasteiger partial charge is 0.412 e. The van der Waals surface area contributed by atoms with E-state index in [1.165, 1.54) is 0 Å². The van der Waals surface area contributed by atoms with E-state index >= 15 is 0 Å². The van der Waals surface area contributed by atoms with Gasteiger partial charge in [0.1, 0.15) is 6.04 Å². The van der Waals surface area contributed by atoms with Gasteiger partial charge >= 0.3 is 0 Å². The van der Waals surface area contributed by atoms with Crippen LogP contribution in [0.5, 0.6) is 0 Å². The van der Waals surface area contributed by atoms with Crippen LogP contribution in [0.2, 0.25) is 18.1 Å². The maximum atomic E-state index is 8.67. The molecule has 0 bridgehead atoms. The number of hydrogen-bond acceptors (Lipinski definition) is 3. The summed E-state index contributed by atoms with van der Waals surface area (Å²) in [6.07, 6.45) is -0.180. The van der Waals surface area contributed by atoms with Crippen molar-refractivity contribution in [1.29, 1.82) is 5.26 Å². The van der Waals surface area contributed by atoms with E-state index in [-0.39, 0.29) is 11.1 Å². The summed E-state index contributed by atoms with van der Waals surface area (Å²) in [5.41, 5.74) is 5.60. The number of nitrogens with two attached hydrogens (primary N) is 1. The Kier molecular flexibility index (Phi) is 4.31. The Morgan fingerprint density at radius 2 is 1.79 bits per heavy atom. The maximum Gasteiger partial charge on any atom is 0.192 e. The minimum Gasteiger partial charge on any atom is -0.412 e. The molecule has 0 fully saturated rings. The Morgan fingerprint density at radius 3 is 2.07 bits per heavy atom. The minimum atomic E-state index is -1.78. The van der Waals surface area contributed by atoms with E-state index in [2.05, 4.69) is 33.9 Å². The molecule has 2 N–H and O–H groups in total. The lowest BCUT2D eigenvalue weighted by Gasteiger charge is -2.38. The molecule has 0 rings (SSSR count). The van der Waals surface area contributed by atoms with Gasteiger partial charge in [0, 0.05) is 0 Å². The fraction of sp³-hybridized carbons (Fsp3) is 0.900. The van der Waals surface area contributed by atoms with Gasteiger partial charge in [0.05, 0.1) is 12.2 Å². The van der Waals surface area contributed by atoms with Gasteiger partial charge in [-0.05, 0) is 25.1 Å². The third-order valence-electron chi connectivity index (χ3n) is 2.94. The van der Waals surface area contributed by atoms with Gasteiger partial charge < -0.3 is 10.2 Å². The first-order chi connectivity index (χ1) is 6.12. The summed E-state index contributed by atoms with van der Waals surface area (Å²) in [4.78, 5) is 0. The van der Waals surface area contributed by atoms with Gasteiger partial charge in [-0.3, -0.25) is 0 Å². The zero-order chi connectivity index (χ0) is 11.6. The Hall–Kier alpha value is -0.373. The molecule has 0 aromatic heterocycles. The maximum absolute atomic E-state index is 8.67. The molecule has 0 heterocycles. The molecule has 82 valence electrons. The third-order valence-corrected chi connectivity index (χ3v) is 7.51. The summed E-state index contributed by atoms with van der Waals surface area (Å²) >= 11 is 0. The second-order valence-corrected chi connectivity index (χ2v) is 9.99. The molecular weight excluding hydrogens is 192 g/mol. The van der Waals surface area contributed by atoms with E-state index in [1.54, 1.807) is 0 Å². The molecule has 0 aliphatic rings. The van der Waals surface area contributed by atoms with Gasteiger partial charge in [-0.2, -0.15) is 5.26 Å². The van der Waals surface area contributed by atoms with Crippen molar-refractivity contribution in [3.63, 3.8) is 0 Å². The van der Waals surface area contributed by atoms with E-state index in [0.29, 0.717) is 0 Å². The van der Waals surface area contributed by atoms with Gasteiger partial charge in [0.25, 0.3) is 0 Å². The van der Waals surface area contributed by atoms with Crippen molar-refractivity contribution in [3.8, 4) is 6.07 Å². The topological polar surface area (TPSA) is 59.0 Å². The van der Waals surface area contributed by atoms with Crippen molar-refractivity contribution in [2.24, 2.45) is 5.73 Å². The van der Waals surface area contributed by atoms with Crippen LogP contribution in [0.4, 0.5) is 0 Å². The Bertz CT molecular complexity index is 227. The number of nitriles is 1. The summed E-state index contributed by atoms with van der Waals surface area (Å²) in [7, 11) is -1.78. The van der Waals surface area contributed by atoms with Gasteiger partial charge in [-0.25, -0.2) is 0 Å². The zero-order valence-corrected chi connectivity index (χ0v) is 11.1. The fourth-order valence-corrected chi connectivity index (χ4v) is 2.25. The Labute approximate surface area is 88.4 Å². The molecule has 0 aliphatic carbocycles. The molecular formula is C10H22N2OSi. The normalized spacial score (nSPS) is 17.3. The Balaban J connectivity index is 4.46. The van der Waals surface area contributed by atoms with Gasteiger partial charge in [0.15, 0.2) is 8.32 Å². The van der Waals surface area contributed by atoms with Crippen LogP contribution in [-0.2, 0) is 4.43 Å². The van der Waals surface area contributed by atoms with Crippen LogP contribution in [0.1, 0.15) is 27.7 Å². The first-order valence-corrected chi connectivity index (χ1v) is 7.85. The molecule has 0 spiro atoms. The van der Waals surface area contributed by atoms with E-state index in [1.807, 2.05) is 13.0 Å². The van der Waals surface area contributed by atoms with E-state index in [4.69, 9.17) is 15.4 Å². The average Bonchev–Trinajstić information content (AvgIpc) is 2.00. The molecule has 14 heavy (non-hydrogen) atoms. The fourth-order valence-electron chi connectivity index (χ4n) is 0.820. The van der Waals surface area contributed by atoms with Gasteiger partial charge in [-0.1, -0.05) is 20.8 Å². The second kappa shape index (κ2) is 4.43.